The summed E-state index contributed by atoms with van der Waals surface area (Å²) in [5.41, 5.74) is 6.58. The van der Waals surface area contributed by atoms with E-state index in [0.29, 0.717) is 22.6 Å². The molecule has 0 saturated carbocycles. The fraction of sp³-hybridized carbons (Fsp3) is 0.125. The highest BCUT2D eigenvalue weighted by Crippen LogP contribution is 2.26. The van der Waals surface area contributed by atoms with Crippen molar-refractivity contribution in [3.63, 3.8) is 0 Å². The minimum Gasteiger partial charge on any atom is -0.496 e. The number of nitrogens with one attached hydrogen (secondary N) is 1. The number of carbonyl (C=O) groups excluding carboxylic acids is 2. The van der Waals surface area contributed by atoms with Crippen molar-refractivity contribution in [2.24, 2.45) is 5.73 Å². The third-order valence-corrected chi connectivity index (χ3v) is 3.81. The Morgan fingerprint density at radius 1 is 1.14 bits per heavy atom. The van der Waals surface area contributed by atoms with E-state index in [9.17, 15) is 9.59 Å². The third-order valence-electron chi connectivity index (χ3n) is 3.08. The number of methoxy groups -OCH3 is 1. The van der Waals surface area contributed by atoms with E-state index >= 15 is 0 Å². The smallest absolute Gasteiger partial charge is 0.259 e. The maximum Gasteiger partial charge on any atom is 0.259 e. The molecule has 2 rings (SSSR count). The number of thioether (sulfide) groups is 1. The Morgan fingerprint density at radius 3 is 2.36 bits per heavy atom. The van der Waals surface area contributed by atoms with Crippen LogP contribution in [0.15, 0.2) is 47.4 Å². The molecule has 0 aliphatic rings. The molecule has 2 amide bonds. The molecule has 0 radical (unpaired) electrons. The van der Waals surface area contributed by atoms with Crippen molar-refractivity contribution < 1.29 is 14.3 Å². The van der Waals surface area contributed by atoms with Gasteiger partial charge in [0.25, 0.3) is 5.91 Å². The number of amides is 2. The summed E-state index contributed by atoms with van der Waals surface area (Å²) in [6, 6.07) is 11.8. The molecule has 114 valence electrons. The van der Waals surface area contributed by atoms with Crippen LogP contribution in [0.2, 0.25) is 0 Å². The summed E-state index contributed by atoms with van der Waals surface area (Å²) in [5, 5.41) is 2.76. The molecule has 2 aromatic carbocycles. The van der Waals surface area contributed by atoms with Crippen LogP contribution in [0.25, 0.3) is 0 Å². The maximum absolute atomic E-state index is 12.3. The minimum absolute atomic E-state index is 0.281. The molecule has 0 unspecified atom stereocenters. The molecule has 0 bridgehead atoms. The lowest BCUT2D eigenvalue weighted by Crippen LogP contribution is -2.14. The van der Waals surface area contributed by atoms with Crippen LogP contribution in [0.4, 0.5) is 5.69 Å². The zero-order valence-electron chi connectivity index (χ0n) is 12.3. The molecule has 6 heteroatoms. The second-order valence-electron chi connectivity index (χ2n) is 4.46. The Bertz CT molecular complexity index is 699. The van der Waals surface area contributed by atoms with Crippen LogP contribution in [0.3, 0.4) is 0 Å². The van der Waals surface area contributed by atoms with Crippen molar-refractivity contribution in [2.45, 2.75) is 4.90 Å². The molecule has 0 aliphatic carbocycles. The zero-order valence-corrected chi connectivity index (χ0v) is 13.1. The number of rotatable bonds is 5. The average molecular weight is 316 g/mol. The first-order chi connectivity index (χ1) is 10.5. The first kappa shape index (κ1) is 15.9. The normalized spacial score (nSPS) is 10.1. The monoisotopic (exact) mass is 316 g/mol. The molecule has 2 aromatic rings. The van der Waals surface area contributed by atoms with Gasteiger partial charge in [-0.3, -0.25) is 9.59 Å². The van der Waals surface area contributed by atoms with Crippen LogP contribution in [0, 0.1) is 0 Å². The molecule has 0 saturated heterocycles. The van der Waals surface area contributed by atoms with E-state index in [1.165, 1.54) is 7.11 Å². The standard InChI is InChI=1S/C16H16N2O3S/c1-21-14-9-12(22-2)7-8-13(14)16(20)18-11-5-3-10(4-6-11)15(17)19/h3-9H,1-2H3,(H2,17,19)(H,18,20). The van der Waals surface area contributed by atoms with E-state index < -0.39 is 5.91 Å². The van der Waals surface area contributed by atoms with Crippen LogP contribution in [-0.4, -0.2) is 25.2 Å². The summed E-state index contributed by atoms with van der Waals surface area (Å²) in [6.07, 6.45) is 1.95. The van der Waals surface area contributed by atoms with Gasteiger partial charge in [-0.05, 0) is 48.7 Å². The molecule has 0 heterocycles. The van der Waals surface area contributed by atoms with Gasteiger partial charge in [0.2, 0.25) is 5.91 Å². The lowest BCUT2D eigenvalue weighted by molar-refractivity contribution is 0.0998. The summed E-state index contributed by atoms with van der Waals surface area (Å²) in [7, 11) is 1.53. The van der Waals surface area contributed by atoms with Gasteiger partial charge in [-0.1, -0.05) is 0 Å². The van der Waals surface area contributed by atoms with Gasteiger partial charge >= 0.3 is 0 Å². The number of nitrogens with two attached hydrogens (primary N) is 1. The summed E-state index contributed by atoms with van der Waals surface area (Å²) >= 11 is 1.57. The van der Waals surface area contributed by atoms with E-state index in [2.05, 4.69) is 5.32 Å². The number of benzene rings is 2. The van der Waals surface area contributed by atoms with Gasteiger partial charge in [0.1, 0.15) is 5.75 Å². The van der Waals surface area contributed by atoms with E-state index in [-0.39, 0.29) is 5.91 Å². The lowest BCUT2D eigenvalue weighted by Gasteiger charge is -2.10. The number of carbonyl (C=O) groups is 2. The average Bonchev–Trinajstić information content (AvgIpc) is 2.54. The van der Waals surface area contributed by atoms with E-state index in [4.69, 9.17) is 10.5 Å². The van der Waals surface area contributed by atoms with Gasteiger partial charge in [0, 0.05) is 16.1 Å². The molecule has 22 heavy (non-hydrogen) atoms. The fourth-order valence-corrected chi connectivity index (χ4v) is 2.33. The predicted molar refractivity (Wildman–Crippen MR) is 87.7 cm³/mol. The highest BCUT2D eigenvalue weighted by atomic mass is 32.2. The number of hydrogen-bond donors (Lipinski definition) is 2. The second-order valence-corrected chi connectivity index (χ2v) is 5.34. The van der Waals surface area contributed by atoms with Gasteiger partial charge in [-0.15, -0.1) is 11.8 Å². The van der Waals surface area contributed by atoms with Crippen molar-refractivity contribution in [3.05, 3.63) is 53.6 Å². The molecule has 0 spiro atoms. The largest absolute Gasteiger partial charge is 0.496 e. The van der Waals surface area contributed by atoms with Crippen LogP contribution in [-0.2, 0) is 0 Å². The molecule has 0 aliphatic heterocycles. The number of primary amides is 1. The SMILES string of the molecule is COc1cc(SC)ccc1C(=O)Nc1ccc(C(N)=O)cc1. The third kappa shape index (κ3) is 3.59. The van der Waals surface area contributed by atoms with E-state index in [0.717, 1.165) is 4.90 Å². The van der Waals surface area contributed by atoms with Crippen LogP contribution < -0.4 is 15.8 Å². The van der Waals surface area contributed by atoms with Crippen LogP contribution in [0.1, 0.15) is 20.7 Å². The summed E-state index contributed by atoms with van der Waals surface area (Å²) < 4.78 is 5.26. The Kier molecular flexibility index (Phi) is 5.06. The van der Waals surface area contributed by atoms with Crippen LogP contribution >= 0.6 is 11.8 Å². The quantitative estimate of drug-likeness (QED) is 0.831. The highest BCUT2D eigenvalue weighted by Gasteiger charge is 2.13. The molecule has 5 nitrogen and oxygen atoms in total. The lowest BCUT2D eigenvalue weighted by atomic mass is 10.1. The number of anilines is 1. The van der Waals surface area contributed by atoms with E-state index in [1.54, 1.807) is 42.1 Å². The van der Waals surface area contributed by atoms with Crippen molar-refractivity contribution in [1.82, 2.24) is 0 Å². The van der Waals surface area contributed by atoms with E-state index in [1.807, 2.05) is 18.4 Å². The summed E-state index contributed by atoms with van der Waals surface area (Å²) in [4.78, 5) is 24.4. The topological polar surface area (TPSA) is 81.4 Å². The highest BCUT2D eigenvalue weighted by molar-refractivity contribution is 7.98. The van der Waals surface area contributed by atoms with Gasteiger partial charge in [0.15, 0.2) is 0 Å². The Balaban J connectivity index is 2.20. The number of ether oxygens (including phenoxy) is 1. The Labute approximate surface area is 132 Å². The molecule has 0 atom stereocenters. The van der Waals surface area contributed by atoms with Gasteiger partial charge in [0.05, 0.1) is 12.7 Å². The minimum atomic E-state index is -0.507. The second kappa shape index (κ2) is 7.00. The van der Waals surface area contributed by atoms with Crippen LogP contribution in [0.5, 0.6) is 5.75 Å². The molecular weight excluding hydrogens is 300 g/mol. The molecule has 0 fully saturated rings. The van der Waals surface area contributed by atoms with Crippen molar-refractivity contribution in [2.75, 3.05) is 18.7 Å². The Hall–Kier alpha value is -2.47. The first-order valence-corrected chi connectivity index (χ1v) is 7.71. The molecule has 0 aromatic heterocycles. The summed E-state index contributed by atoms with van der Waals surface area (Å²) in [5.74, 6) is -0.276. The zero-order chi connectivity index (χ0) is 16.1. The molecule has 3 N–H and O–H groups in total. The van der Waals surface area contributed by atoms with Gasteiger partial charge < -0.3 is 15.8 Å². The Morgan fingerprint density at radius 2 is 1.82 bits per heavy atom. The van der Waals surface area contributed by atoms with Crippen molar-refractivity contribution in [1.29, 1.82) is 0 Å². The van der Waals surface area contributed by atoms with Gasteiger partial charge in [-0.2, -0.15) is 0 Å². The van der Waals surface area contributed by atoms with Gasteiger partial charge in [-0.25, -0.2) is 0 Å². The number of hydrogen-bond acceptors (Lipinski definition) is 4. The van der Waals surface area contributed by atoms with Crippen molar-refractivity contribution in [3.8, 4) is 5.75 Å². The fourth-order valence-electron chi connectivity index (χ4n) is 1.90. The van der Waals surface area contributed by atoms with Crippen molar-refractivity contribution >= 4 is 29.3 Å². The maximum atomic E-state index is 12.3. The first-order valence-electron chi connectivity index (χ1n) is 6.48. The molecular formula is C16H16N2O3S. The summed E-state index contributed by atoms with van der Waals surface area (Å²) in [6.45, 7) is 0. The predicted octanol–water partition coefficient (Wildman–Crippen LogP) is 2.77.